The molecule has 0 aromatic rings. The molecule has 1 rings (SSSR count). The number of amides is 3. The number of rotatable bonds is 3. The van der Waals surface area contributed by atoms with E-state index in [9.17, 15) is 9.59 Å². The highest BCUT2D eigenvalue weighted by atomic mass is 32.1. The Kier molecular flexibility index (Phi) is 3.21. The largest absolute Gasteiger partial charge is 0.326 e. The van der Waals surface area contributed by atoms with E-state index in [1.54, 1.807) is 0 Å². The average Bonchev–Trinajstić information content (AvgIpc) is 2.11. The summed E-state index contributed by atoms with van der Waals surface area (Å²) in [6.07, 6.45) is 2.15. The van der Waals surface area contributed by atoms with Crippen molar-refractivity contribution in [1.82, 2.24) is 10.6 Å². The number of urea groups is 1. The van der Waals surface area contributed by atoms with Gasteiger partial charge in [0.25, 0.3) is 0 Å². The number of hydrogen-bond donors (Lipinski definition) is 2. The molecule has 0 aromatic carbocycles. The van der Waals surface area contributed by atoms with E-state index in [0.717, 1.165) is 6.42 Å². The number of carbonyl (C=O) groups excluding carboxylic acids is 2. The first-order chi connectivity index (χ1) is 6.56. The van der Waals surface area contributed by atoms with Gasteiger partial charge < -0.3 is 5.32 Å². The van der Waals surface area contributed by atoms with Crippen LogP contribution in [0.25, 0.3) is 0 Å². The maximum atomic E-state index is 11.7. The molecule has 0 unspecified atom stereocenters. The second-order valence-electron chi connectivity index (χ2n) is 3.42. The minimum atomic E-state index is -0.683. The predicted octanol–water partition coefficient (Wildman–Crippen LogP) is 1.35. The normalized spacial score (nSPS) is 27.1. The zero-order valence-corrected chi connectivity index (χ0v) is 9.16. The summed E-state index contributed by atoms with van der Waals surface area (Å²) in [4.78, 5) is 23.0. The van der Waals surface area contributed by atoms with Crippen molar-refractivity contribution in [3.63, 3.8) is 0 Å². The molecule has 0 saturated carbocycles. The second-order valence-corrected chi connectivity index (χ2v) is 3.83. The molecule has 5 heteroatoms. The maximum Gasteiger partial charge on any atom is 0.326 e. The molecule has 1 saturated heterocycles. The summed E-state index contributed by atoms with van der Waals surface area (Å²) in [7, 11) is 0. The first-order valence-corrected chi connectivity index (χ1v) is 5.14. The number of nitrogens with one attached hydrogen (secondary N) is 2. The monoisotopic (exact) mass is 214 g/mol. The lowest BCUT2D eigenvalue weighted by Crippen LogP contribution is -2.61. The molecule has 1 atom stereocenters. The van der Waals surface area contributed by atoms with Gasteiger partial charge in [0, 0.05) is 0 Å². The lowest BCUT2D eigenvalue weighted by atomic mass is 9.78. The van der Waals surface area contributed by atoms with Gasteiger partial charge in [0.05, 0.1) is 10.4 Å². The molecule has 1 aliphatic rings. The molecule has 78 valence electrons. The summed E-state index contributed by atoms with van der Waals surface area (Å²) in [5, 5.41) is 4.76. The van der Waals surface area contributed by atoms with Gasteiger partial charge in [-0.05, 0) is 12.8 Å². The summed E-state index contributed by atoms with van der Waals surface area (Å²) in [6, 6.07) is -0.514. The van der Waals surface area contributed by atoms with Gasteiger partial charge in [-0.2, -0.15) is 0 Å². The van der Waals surface area contributed by atoms with Crippen LogP contribution >= 0.6 is 12.2 Å². The van der Waals surface area contributed by atoms with Crippen LogP contribution < -0.4 is 10.6 Å². The van der Waals surface area contributed by atoms with Crippen molar-refractivity contribution in [1.29, 1.82) is 0 Å². The van der Waals surface area contributed by atoms with Gasteiger partial charge in [-0.3, -0.25) is 10.1 Å². The van der Waals surface area contributed by atoms with E-state index in [2.05, 4.69) is 10.6 Å². The van der Waals surface area contributed by atoms with Crippen LogP contribution in [0.3, 0.4) is 0 Å². The fourth-order valence-corrected chi connectivity index (χ4v) is 2.16. The van der Waals surface area contributed by atoms with Gasteiger partial charge in [-0.25, -0.2) is 4.79 Å². The Morgan fingerprint density at radius 2 is 1.93 bits per heavy atom. The van der Waals surface area contributed by atoms with Crippen molar-refractivity contribution in [2.24, 2.45) is 5.41 Å². The molecule has 0 aromatic heterocycles. The zero-order valence-electron chi connectivity index (χ0n) is 8.35. The van der Waals surface area contributed by atoms with Crippen LogP contribution in [0.1, 0.15) is 33.1 Å². The smallest absolute Gasteiger partial charge is 0.301 e. The molecule has 1 fully saturated rings. The van der Waals surface area contributed by atoms with E-state index in [-0.39, 0.29) is 5.91 Å². The first-order valence-electron chi connectivity index (χ1n) is 4.73. The van der Waals surface area contributed by atoms with Crippen LogP contribution in [0, 0.1) is 5.41 Å². The fourth-order valence-electron chi connectivity index (χ4n) is 1.73. The third-order valence-electron chi connectivity index (χ3n) is 2.60. The number of thiocarbonyl (C=S) groups is 1. The Labute approximate surface area is 88.4 Å². The van der Waals surface area contributed by atoms with Gasteiger partial charge in [-0.1, -0.05) is 32.5 Å². The molecule has 0 radical (unpaired) electrons. The number of hydrogen-bond acceptors (Lipinski definition) is 3. The highest BCUT2D eigenvalue weighted by molar-refractivity contribution is 7.80. The summed E-state index contributed by atoms with van der Waals surface area (Å²) in [5.41, 5.74) is -0.683. The molecule has 0 aliphatic carbocycles. The Morgan fingerprint density at radius 1 is 1.29 bits per heavy atom. The second kappa shape index (κ2) is 4.04. The molecule has 0 spiro atoms. The van der Waals surface area contributed by atoms with Gasteiger partial charge in [0.2, 0.25) is 5.91 Å². The highest BCUT2D eigenvalue weighted by Gasteiger charge is 2.44. The first kappa shape index (κ1) is 11.1. The summed E-state index contributed by atoms with van der Waals surface area (Å²) in [5.74, 6) is -0.268. The Morgan fingerprint density at radius 3 is 2.36 bits per heavy atom. The van der Waals surface area contributed by atoms with Crippen molar-refractivity contribution >= 4 is 29.1 Å². The molecule has 2 N–H and O–H groups in total. The lowest BCUT2D eigenvalue weighted by molar-refractivity contribution is -0.127. The van der Waals surface area contributed by atoms with Crippen LogP contribution in [-0.4, -0.2) is 16.9 Å². The standard InChI is InChI=1S/C9H14N2O2S/c1-3-5-9(4-2)6(12)10-8(13)11-7(9)14/h3-5H2,1-2H3,(H2,10,11,12,13,14)/t9-/m1/s1. The summed E-state index contributed by atoms with van der Waals surface area (Å²) >= 11 is 5.07. The third kappa shape index (κ3) is 1.64. The molecule has 14 heavy (non-hydrogen) atoms. The topological polar surface area (TPSA) is 58.2 Å². The Balaban J connectivity index is 2.97. The van der Waals surface area contributed by atoms with Gasteiger partial charge in [-0.15, -0.1) is 0 Å². The van der Waals surface area contributed by atoms with Crippen LogP contribution in [0.5, 0.6) is 0 Å². The van der Waals surface area contributed by atoms with E-state index in [1.807, 2.05) is 13.8 Å². The minimum absolute atomic E-state index is 0.268. The minimum Gasteiger partial charge on any atom is -0.301 e. The Hall–Kier alpha value is -0.970. The number of imide groups is 1. The lowest BCUT2D eigenvalue weighted by Gasteiger charge is -2.35. The van der Waals surface area contributed by atoms with E-state index >= 15 is 0 Å². The summed E-state index contributed by atoms with van der Waals surface area (Å²) < 4.78 is 0. The van der Waals surface area contributed by atoms with Crippen LogP contribution in [0.2, 0.25) is 0 Å². The van der Waals surface area contributed by atoms with E-state index in [1.165, 1.54) is 0 Å². The van der Waals surface area contributed by atoms with Crippen molar-refractivity contribution in [2.45, 2.75) is 33.1 Å². The number of carbonyl (C=O) groups is 2. The summed E-state index contributed by atoms with van der Waals surface area (Å²) in [6.45, 7) is 3.89. The average molecular weight is 214 g/mol. The highest BCUT2D eigenvalue weighted by Crippen LogP contribution is 2.31. The van der Waals surface area contributed by atoms with Gasteiger partial charge >= 0.3 is 6.03 Å². The van der Waals surface area contributed by atoms with Crippen molar-refractivity contribution in [3.05, 3.63) is 0 Å². The third-order valence-corrected chi connectivity index (χ3v) is 3.10. The molecule has 3 amide bonds. The molecule has 1 heterocycles. The SMILES string of the molecule is CCC[C@]1(CC)C(=O)NC(=O)NC1=S. The Bertz CT molecular complexity index is 269. The van der Waals surface area contributed by atoms with Crippen molar-refractivity contribution in [2.75, 3.05) is 0 Å². The van der Waals surface area contributed by atoms with Crippen molar-refractivity contribution < 1.29 is 9.59 Å². The maximum absolute atomic E-state index is 11.7. The van der Waals surface area contributed by atoms with Gasteiger partial charge in [0.15, 0.2) is 0 Å². The fraction of sp³-hybridized carbons (Fsp3) is 0.667. The predicted molar refractivity (Wildman–Crippen MR) is 56.9 cm³/mol. The molecule has 4 nitrogen and oxygen atoms in total. The zero-order chi connectivity index (χ0) is 10.8. The van der Waals surface area contributed by atoms with E-state index in [0.29, 0.717) is 17.8 Å². The molecular weight excluding hydrogens is 200 g/mol. The molecule has 0 bridgehead atoms. The molecule has 1 aliphatic heterocycles. The van der Waals surface area contributed by atoms with Crippen LogP contribution in [-0.2, 0) is 4.79 Å². The van der Waals surface area contributed by atoms with E-state index in [4.69, 9.17) is 12.2 Å². The van der Waals surface area contributed by atoms with Crippen LogP contribution in [0.4, 0.5) is 4.79 Å². The van der Waals surface area contributed by atoms with Gasteiger partial charge in [0.1, 0.15) is 0 Å². The van der Waals surface area contributed by atoms with Crippen LogP contribution in [0.15, 0.2) is 0 Å². The quantitative estimate of drug-likeness (QED) is 0.697. The van der Waals surface area contributed by atoms with E-state index < -0.39 is 11.4 Å². The van der Waals surface area contributed by atoms with Crippen molar-refractivity contribution in [3.8, 4) is 0 Å². The molecular formula is C9H14N2O2S.